The van der Waals surface area contributed by atoms with Crippen LogP contribution in [0.2, 0.25) is 0 Å². The van der Waals surface area contributed by atoms with E-state index in [9.17, 15) is 4.79 Å². The third-order valence-electron chi connectivity index (χ3n) is 4.84. The van der Waals surface area contributed by atoms with Gasteiger partial charge in [-0.2, -0.15) is 0 Å². The quantitative estimate of drug-likeness (QED) is 0.854. The second-order valence-corrected chi connectivity index (χ2v) is 6.36. The first kappa shape index (κ1) is 13.6. The molecule has 2 aliphatic rings. The van der Waals surface area contributed by atoms with Crippen LogP contribution in [0, 0.1) is 6.92 Å². The molecule has 20 heavy (non-hydrogen) atoms. The Morgan fingerprint density at radius 2 is 1.95 bits per heavy atom. The van der Waals surface area contributed by atoms with Crippen molar-refractivity contribution >= 4 is 11.6 Å². The lowest BCUT2D eigenvalue weighted by Crippen LogP contribution is -2.57. The molecular weight excluding hydrogens is 248 g/mol. The molecule has 1 saturated carbocycles. The number of hydrogen-bond donors (Lipinski definition) is 1. The van der Waals surface area contributed by atoms with Crippen molar-refractivity contribution < 1.29 is 4.79 Å². The molecule has 0 saturated heterocycles. The Morgan fingerprint density at radius 3 is 2.70 bits per heavy atom. The van der Waals surface area contributed by atoms with Crippen LogP contribution in [-0.4, -0.2) is 18.0 Å². The van der Waals surface area contributed by atoms with E-state index in [1.54, 1.807) is 0 Å². The third kappa shape index (κ3) is 2.24. The lowest BCUT2D eigenvalue weighted by Gasteiger charge is -2.39. The SMILES string of the molecule is Cc1cccc2c1N(C(=O)C1(N)CCCCC1)CCC2. The summed E-state index contributed by atoms with van der Waals surface area (Å²) in [4.78, 5) is 15.0. The fraction of sp³-hybridized carbons (Fsp3) is 0.588. The number of anilines is 1. The molecule has 108 valence electrons. The van der Waals surface area contributed by atoms with E-state index in [2.05, 4.69) is 25.1 Å². The molecule has 1 aliphatic heterocycles. The monoisotopic (exact) mass is 272 g/mol. The smallest absolute Gasteiger partial charge is 0.247 e. The summed E-state index contributed by atoms with van der Waals surface area (Å²) in [5.74, 6) is 0.146. The van der Waals surface area contributed by atoms with Crippen molar-refractivity contribution in [3.8, 4) is 0 Å². The lowest BCUT2D eigenvalue weighted by atomic mass is 9.81. The topological polar surface area (TPSA) is 46.3 Å². The predicted octanol–water partition coefficient (Wildman–Crippen LogP) is 2.94. The van der Waals surface area contributed by atoms with Crippen LogP contribution in [0.15, 0.2) is 18.2 Å². The highest BCUT2D eigenvalue weighted by atomic mass is 16.2. The van der Waals surface area contributed by atoms with E-state index in [0.717, 1.165) is 50.8 Å². The summed E-state index contributed by atoms with van der Waals surface area (Å²) in [7, 11) is 0. The molecule has 0 radical (unpaired) electrons. The minimum Gasteiger partial charge on any atom is -0.317 e. The zero-order valence-electron chi connectivity index (χ0n) is 12.3. The van der Waals surface area contributed by atoms with E-state index < -0.39 is 5.54 Å². The molecule has 1 amide bonds. The molecule has 1 aliphatic carbocycles. The summed E-state index contributed by atoms with van der Waals surface area (Å²) in [5, 5.41) is 0. The number of carbonyl (C=O) groups is 1. The molecule has 3 heteroatoms. The van der Waals surface area contributed by atoms with Gasteiger partial charge in [-0.1, -0.05) is 37.5 Å². The first-order chi connectivity index (χ1) is 9.62. The molecule has 3 nitrogen and oxygen atoms in total. The summed E-state index contributed by atoms with van der Waals surface area (Å²) < 4.78 is 0. The Kier molecular flexibility index (Phi) is 3.55. The van der Waals surface area contributed by atoms with Gasteiger partial charge < -0.3 is 10.6 Å². The number of carbonyl (C=O) groups excluding carboxylic acids is 1. The van der Waals surface area contributed by atoms with E-state index in [1.807, 2.05) is 4.90 Å². The van der Waals surface area contributed by atoms with E-state index in [-0.39, 0.29) is 5.91 Å². The highest BCUT2D eigenvalue weighted by Crippen LogP contribution is 2.35. The van der Waals surface area contributed by atoms with Crippen LogP contribution in [0.3, 0.4) is 0 Å². The number of aryl methyl sites for hydroxylation is 2. The Hall–Kier alpha value is -1.35. The molecular formula is C17H24N2O. The largest absolute Gasteiger partial charge is 0.317 e. The van der Waals surface area contributed by atoms with E-state index >= 15 is 0 Å². The van der Waals surface area contributed by atoms with Gasteiger partial charge in [-0.3, -0.25) is 4.79 Å². The zero-order chi connectivity index (χ0) is 14.2. The van der Waals surface area contributed by atoms with Crippen LogP contribution in [0.25, 0.3) is 0 Å². The number of hydrogen-bond acceptors (Lipinski definition) is 2. The molecule has 2 N–H and O–H groups in total. The van der Waals surface area contributed by atoms with Crippen molar-refractivity contribution in [3.05, 3.63) is 29.3 Å². The van der Waals surface area contributed by atoms with Crippen LogP contribution >= 0.6 is 0 Å². The summed E-state index contributed by atoms with van der Waals surface area (Å²) in [6, 6.07) is 6.32. The van der Waals surface area contributed by atoms with Gasteiger partial charge >= 0.3 is 0 Å². The molecule has 1 heterocycles. The van der Waals surface area contributed by atoms with Crippen molar-refractivity contribution in [2.24, 2.45) is 5.73 Å². The molecule has 0 bridgehead atoms. The van der Waals surface area contributed by atoms with Gasteiger partial charge in [0.25, 0.3) is 0 Å². The molecule has 0 atom stereocenters. The van der Waals surface area contributed by atoms with Crippen LogP contribution < -0.4 is 10.6 Å². The van der Waals surface area contributed by atoms with E-state index in [0.29, 0.717) is 0 Å². The normalized spacial score (nSPS) is 21.4. The number of amides is 1. The van der Waals surface area contributed by atoms with Crippen molar-refractivity contribution in [2.75, 3.05) is 11.4 Å². The van der Waals surface area contributed by atoms with Crippen LogP contribution in [0.1, 0.15) is 49.7 Å². The van der Waals surface area contributed by atoms with Gasteiger partial charge in [-0.15, -0.1) is 0 Å². The average molecular weight is 272 g/mol. The van der Waals surface area contributed by atoms with Gasteiger partial charge in [-0.05, 0) is 43.7 Å². The highest BCUT2D eigenvalue weighted by molar-refractivity contribution is 6.01. The van der Waals surface area contributed by atoms with Gasteiger partial charge in [0.15, 0.2) is 0 Å². The van der Waals surface area contributed by atoms with Crippen LogP contribution in [-0.2, 0) is 11.2 Å². The van der Waals surface area contributed by atoms with Crippen molar-refractivity contribution in [1.29, 1.82) is 0 Å². The number of benzene rings is 1. The predicted molar refractivity (Wildman–Crippen MR) is 81.9 cm³/mol. The third-order valence-corrected chi connectivity index (χ3v) is 4.84. The van der Waals surface area contributed by atoms with Crippen LogP contribution in [0.4, 0.5) is 5.69 Å². The van der Waals surface area contributed by atoms with Crippen molar-refractivity contribution in [3.63, 3.8) is 0 Å². The number of fused-ring (bicyclic) bond motifs is 1. The zero-order valence-corrected chi connectivity index (χ0v) is 12.3. The second kappa shape index (κ2) is 5.21. The summed E-state index contributed by atoms with van der Waals surface area (Å²) in [5.41, 5.74) is 9.43. The van der Waals surface area contributed by atoms with Gasteiger partial charge in [0, 0.05) is 12.2 Å². The van der Waals surface area contributed by atoms with Crippen LogP contribution in [0.5, 0.6) is 0 Å². The fourth-order valence-corrected chi connectivity index (χ4v) is 3.72. The maximum Gasteiger partial charge on any atom is 0.247 e. The molecule has 1 aromatic rings. The lowest BCUT2D eigenvalue weighted by molar-refractivity contribution is -0.124. The number of para-hydroxylation sites is 1. The molecule has 1 fully saturated rings. The average Bonchev–Trinajstić information content (AvgIpc) is 2.47. The molecule has 1 aromatic carbocycles. The van der Waals surface area contributed by atoms with Crippen molar-refractivity contribution in [1.82, 2.24) is 0 Å². The number of nitrogens with two attached hydrogens (primary N) is 1. The minimum atomic E-state index is -0.630. The molecule has 0 unspecified atom stereocenters. The Labute approximate surface area is 121 Å². The standard InChI is InChI=1S/C17H24N2O/c1-13-7-5-8-14-9-6-12-19(15(13)14)16(20)17(18)10-3-2-4-11-17/h5,7-8H,2-4,6,9-12,18H2,1H3. The summed E-state index contributed by atoms with van der Waals surface area (Å²) >= 11 is 0. The minimum absolute atomic E-state index is 0.146. The molecule has 0 spiro atoms. The maximum absolute atomic E-state index is 13.0. The first-order valence-electron chi connectivity index (χ1n) is 7.81. The highest BCUT2D eigenvalue weighted by Gasteiger charge is 2.40. The van der Waals surface area contributed by atoms with Gasteiger partial charge in [0.2, 0.25) is 5.91 Å². The summed E-state index contributed by atoms with van der Waals surface area (Å²) in [6.07, 6.45) is 7.15. The fourth-order valence-electron chi connectivity index (χ4n) is 3.72. The Bertz CT molecular complexity index is 518. The molecule has 0 aromatic heterocycles. The first-order valence-corrected chi connectivity index (χ1v) is 7.81. The van der Waals surface area contributed by atoms with Gasteiger partial charge in [0.1, 0.15) is 0 Å². The number of rotatable bonds is 1. The number of nitrogens with zero attached hydrogens (tertiary/aromatic N) is 1. The Morgan fingerprint density at radius 1 is 1.20 bits per heavy atom. The van der Waals surface area contributed by atoms with Gasteiger partial charge in [0.05, 0.1) is 5.54 Å². The van der Waals surface area contributed by atoms with E-state index in [4.69, 9.17) is 5.73 Å². The molecule has 3 rings (SSSR count). The van der Waals surface area contributed by atoms with Crippen molar-refractivity contribution in [2.45, 2.75) is 57.4 Å². The second-order valence-electron chi connectivity index (χ2n) is 6.36. The van der Waals surface area contributed by atoms with E-state index in [1.165, 1.54) is 17.5 Å². The Balaban J connectivity index is 1.94. The van der Waals surface area contributed by atoms with Gasteiger partial charge in [-0.25, -0.2) is 0 Å². The maximum atomic E-state index is 13.0. The summed E-state index contributed by atoms with van der Waals surface area (Å²) in [6.45, 7) is 2.91.